The van der Waals surface area contributed by atoms with E-state index in [9.17, 15) is 10.1 Å². The van der Waals surface area contributed by atoms with Crippen LogP contribution in [0.3, 0.4) is 0 Å². The lowest BCUT2D eigenvalue weighted by Crippen LogP contribution is -2.33. The van der Waals surface area contributed by atoms with Crippen molar-refractivity contribution in [1.29, 1.82) is 10.5 Å². The summed E-state index contributed by atoms with van der Waals surface area (Å²) < 4.78 is 11.3. The first kappa shape index (κ1) is 16.2. The molecule has 2 aliphatic rings. The number of nitriles is 2. The number of carbonyl (C=O) groups excluding carboxylic acids is 1. The van der Waals surface area contributed by atoms with Crippen LogP contribution in [-0.2, 0) is 9.53 Å². The third-order valence-corrected chi connectivity index (χ3v) is 4.62. The van der Waals surface area contributed by atoms with Crippen LogP contribution in [0.1, 0.15) is 38.4 Å². The molecule has 0 saturated carbocycles. The van der Waals surface area contributed by atoms with Gasteiger partial charge in [0.1, 0.15) is 28.6 Å². The molecular formula is C17H15N3O3S. The molecule has 0 bridgehead atoms. The highest BCUT2D eigenvalue weighted by Crippen LogP contribution is 2.48. The number of allylic oxidation sites excluding steroid dienone is 3. The maximum absolute atomic E-state index is 12.7. The molecule has 2 heterocycles. The quantitative estimate of drug-likeness (QED) is 0.648. The van der Waals surface area contributed by atoms with Crippen LogP contribution in [0.4, 0.5) is 0 Å². The van der Waals surface area contributed by atoms with E-state index in [0.717, 1.165) is 11.8 Å². The van der Waals surface area contributed by atoms with E-state index in [-0.39, 0.29) is 22.7 Å². The number of nitrogens with zero attached hydrogens (tertiary/aromatic N) is 2. The molecule has 1 aromatic rings. The average molecular weight is 341 g/mol. The van der Waals surface area contributed by atoms with Gasteiger partial charge < -0.3 is 14.9 Å². The van der Waals surface area contributed by atoms with E-state index in [4.69, 9.17) is 20.1 Å². The number of nitrogens with two attached hydrogens (primary N) is 1. The standard InChI is InChI=1S/C17H15N3O3S/c1-17(2)5-10(21)15-12(6-17)23-16(20)9(7-18)14(15)11-3-4-13(22-11)24-8-19/h3-4,14H,5-6,20H2,1-2H3/t14-/m1/s1. The van der Waals surface area contributed by atoms with E-state index in [1.807, 2.05) is 25.3 Å². The summed E-state index contributed by atoms with van der Waals surface area (Å²) in [5.41, 5.74) is 6.28. The molecular weight excluding hydrogens is 326 g/mol. The topological polar surface area (TPSA) is 113 Å². The van der Waals surface area contributed by atoms with Gasteiger partial charge in [-0.3, -0.25) is 4.79 Å². The molecule has 7 heteroatoms. The Labute approximate surface area is 143 Å². The number of ketones is 1. The van der Waals surface area contributed by atoms with Crippen LogP contribution in [0.25, 0.3) is 0 Å². The number of Topliss-reactive ketones (excluding diaryl/α,β-unsaturated/α-hetero) is 1. The van der Waals surface area contributed by atoms with Crippen molar-refractivity contribution in [3.63, 3.8) is 0 Å². The fourth-order valence-electron chi connectivity index (χ4n) is 3.16. The molecule has 1 aliphatic carbocycles. The zero-order chi connectivity index (χ0) is 17.5. The predicted octanol–water partition coefficient (Wildman–Crippen LogP) is 3.30. The number of thiocyanates is 1. The van der Waals surface area contributed by atoms with Crippen LogP contribution >= 0.6 is 11.8 Å². The Kier molecular flexibility index (Phi) is 3.90. The summed E-state index contributed by atoms with van der Waals surface area (Å²) in [6.07, 6.45) is 0.926. The molecule has 0 radical (unpaired) electrons. The van der Waals surface area contributed by atoms with E-state index >= 15 is 0 Å². The molecule has 0 fully saturated rings. The Bertz CT molecular complexity index is 864. The maximum Gasteiger partial charge on any atom is 0.205 e. The zero-order valence-electron chi connectivity index (χ0n) is 13.3. The van der Waals surface area contributed by atoms with E-state index in [2.05, 4.69) is 0 Å². The minimum Gasteiger partial charge on any atom is -0.453 e. The Morgan fingerprint density at radius 3 is 2.75 bits per heavy atom. The fraction of sp³-hybridized carbons (Fsp3) is 0.353. The largest absolute Gasteiger partial charge is 0.453 e. The predicted molar refractivity (Wildman–Crippen MR) is 85.9 cm³/mol. The van der Waals surface area contributed by atoms with Gasteiger partial charge in [0.2, 0.25) is 5.88 Å². The van der Waals surface area contributed by atoms with E-state index < -0.39 is 5.92 Å². The normalized spacial score (nSPS) is 22.5. The van der Waals surface area contributed by atoms with E-state index in [1.165, 1.54) is 0 Å². The summed E-state index contributed by atoms with van der Waals surface area (Å²) in [6.45, 7) is 3.97. The molecule has 6 nitrogen and oxygen atoms in total. The molecule has 2 N–H and O–H groups in total. The van der Waals surface area contributed by atoms with Crippen molar-refractivity contribution in [1.82, 2.24) is 0 Å². The van der Waals surface area contributed by atoms with Crippen molar-refractivity contribution in [2.75, 3.05) is 0 Å². The summed E-state index contributed by atoms with van der Waals surface area (Å²) in [6, 6.07) is 5.33. The third-order valence-electron chi connectivity index (χ3n) is 4.11. The molecule has 0 aromatic carbocycles. The van der Waals surface area contributed by atoms with E-state index in [0.29, 0.717) is 35.0 Å². The summed E-state index contributed by atoms with van der Waals surface area (Å²) in [4.78, 5) is 12.7. The second-order valence-corrected chi connectivity index (χ2v) is 7.34. The molecule has 122 valence electrons. The highest BCUT2D eigenvalue weighted by Gasteiger charge is 2.44. The Morgan fingerprint density at radius 2 is 2.08 bits per heavy atom. The highest BCUT2D eigenvalue weighted by atomic mass is 32.2. The van der Waals surface area contributed by atoms with Gasteiger partial charge in [-0.05, 0) is 17.5 Å². The lowest BCUT2D eigenvalue weighted by molar-refractivity contribution is -0.119. The van der Waals surface area contributed by atoms with Gasteiger partial charge in [0.05, 0.1) is 5.92 Å². The molecule has 1 aromatic heterocycles. The minimum atomic E-state index is -0.685. The number of hydrogen-bond donors (Lipinski definition) is 1. The van der Waals surface area contributed by atoms with Gasteiger partial charge in [-0.2, -0.15) is 10.5 Å². The molecule has 24 heavy (non-hydrogen) atoms. The minimum absolute atomic E-state index is 0.00219. The first-order valence-corrected chi connectivity index (χ1v) is 8.17. The summed E-state index contributed by atoms with van der Waals surface area (Å²) in [7, 11) is 0. The molecule has 3 rings (SSSR count). The van der Waals surface area contributed by atoms with Crippen LogP contribution in [0.5, 0.6) is 0 Å². The summed E-state index contributed by atoms with van der Waals surface area (Å²) >= 11 is 0.876. The number of carbonyl (C=O) groups is 1. The number of thioether (sulfide) groups is 1. The highest BCUT2D eigenvalue weighted by molar-refractivity contribution is 8.03. The Morgan fingerprint density at radius 1 is 1.33 bits per heavy atom. The van der Waals surface area contributed by atoms with Gasteiger partial charge in [0.15, 0.2) is 10.9 Å². The van der Waals surface area contributed by atoms with Crippen molar-refractivity contribution in [3.8, 4) is 11.5 Å². The lowest BCUT2D eigenvalue weighted by Gasteiger charge is -2.36. The number of rotatable bonds is 2. The SMILES string of the molecule is CC1(C)CC(=O)C2=C(C1)OC(N)=C(C#N)[C@@H]2c1ccc(SC#N)o1. The van der Waals surface area contributed by atoms with Crippen molar-refractivity contribution in [2.45, 2.75) is 37.7 Å². The molecule has 0 spiro atoms. The second-order valence-electron chi connectivity index (χ2n) is 6.55. The van der Waals surface area contributed by atoms with Crippen molar-refractivity contribution in [2.24, 2.45) is 11.1 Å². The van der Waals surface area contributed by atoms with Crippen molar-refractivity contribution >= 4 is 17.5 Å². The van der Waals surface area contributed by atoms with Crippen molar-refractivity contribution < 1.29 is 13.9 Å². The Balaban J connectivity index is 2.13. The van der Waals surface area contributed by atoms with Gasteiger partial charge in [0, 0.05) is 30.2 Å². The second kappa shape index (κ2) is 5.77. The maximum atomic E-state index is 12.7. The van der Waals surface area contributed by atoms with Gasteiger partial charge in [-0.1, -0.05) is 13.8 Å². The van der Waals surface area contributed by atoms with Crippen LogP contribution in [0.2, 0.25) is 0 Å². The van der Waals surface area contributed by atoms with Crippen LogP contribution in [0, 0.1) is 27.4 Å². The lowest BCUT2D eigenvalue weighted by atomic mass is 9.71. The van der Waals surface area contributed by atoms with Gasteiger partial charge in [-0.15, -0.1) is 0 Å². The van der Waals surface area contributed by atoms with E-state index in [1.54, 1.807) is 12.1 Å². The van der Waals surface area contributed by atoms with Crippen LogP contribution in [-0.4, -0.2) is 5.78 Å². The first-order chi connectivity index (χ1) is 11.4. The molecule has 0 saturated heterocycles. The fourth-order valence-corrected chi connectivity index (χ4v) is 3.52. The van der Waals surface area contributed by atoms with Gasteiger partial charge in [-0.25, -0.2) is 0 Å². The molecule has 0 unspecified atom stereocenters. The Hall–Kier alpha value is -2.64. The third kappa shape index (κ3) is 2.68. The summed E-state index contributed by atoms with van der Waals surface area (Å²) in [5.74, 6) is 0.158. The monoisotopic (exact) mass is 341 g/mol. The average Bonchev–Trinajstić information content (AvgIpc) is 2.93. The van der Waals surface area contributed by atoms with Gasteiger partial charge >= 0.3 is 0 Å². The zero-order valence-corrected chi connectivity index (χ0v) is 14.1. The van der Waals surface area contributed by atoms with Crippen LogP contribution < -0.4 is 5.73 Å². The first-order valence-electron chi connectivity index (χ1n) is 7.36. The van der Waals surface area contributed by atoms with Crippen LogP contribution in [0.15, 0.2) is 44.4 Å². The molecule has 1 aliphatic heterocycles. The number of hydrogen-bond acceptors (Lipinski definition) is 7. The summed E-state index contributed by atoms with van der Waals surface area (Å²) in [5, 5.41) is 20.6. The van der Waals surface area contributed by atoms with Crippen molar-refractivity contribution in [3.05, 3.63) is 40.7 Å². The smallest absolute Gasteiger partial charge is 0.205 e. The van der Waals surface area contributed by atoms with Gasteiger partial charge in [0.25, 0.3) is 0 Å². The molecule has 1 atom stereocenters. The number of furan rings is 1. The number of ether oxygens (including phenoxy) is 1. The molecule has 0 amide bonds.